The summed E-state index contributed by atoms with van der Waals surface area (Å²) in [5.74, 6) is -45.7. The molecule has 0 aromatic carbocycles. The first kappa shape index (κ1) is 41.3. The standard InChI is InChI=1S/C13H8F20O8S2/c14-4(13(32,33)43(39,40)41,5(15,16)8(21,22)11(26,27)28)3(35,1-2-34)10(25,42(36,37)38)7(19,20)6(17,18)9(23,24)12(29,30)31/h34-35H,1-2H2,(H,36,37,38)(H,39,40,41). The van der Waals surface area contributed by atoms with Crippen LogP contribution < -0.4 is 0 Å². The van der Waals surface area contributed by atoms with Crippen molar-refractivity contribution >= 4 is 20.2 Å². The Labute approximate surface area is 221 Å². The van der Waals surface area contributed by atoms with Crippen LogP contribution in [0.4, 0.5) is 87.8 Å². The molecule has 0 saturated carbocycles. The molecule has 3 atom stereocenters. The highest BCUT2D eigenvalue weighted by atomic mass is 32.2. The van der Waals surface area contributed by atoms with Gasteiger partial charge in [-0.3, -0.25) is 9.11 Å². The lowest BCUT2D eigenvalue weighted by Crippen LogP contribution is -2.87. The SMILES string of the molecule is O=S(=O)(O)C(F)(F)C(F)(C(F)(F)C(F)(F)C(F)(F)F)C(O)(CCO)C(F)(C(F)(F)C(F)(F)C(F)(F)C(F)(F)F)S(=O)(=O)O. The molecule has 43 heavy (non-hydrogen) atoms. The van der Waals surface area contributed by atoms with E-state index in [0.29, 0.717) is 0 Å². The number of hydrogen-bond acceptors (Lipinski definition) is 6. The lowest BCUT2D eigenvalue weighted by molar-refractivity contribution is -0.440. The third-order valence-electron chi connectivity index (χ3n) is 5.39. The van der Waals surface area contributed by atoms with Gasteiger partial charge in [-0.1, -0.05) is 0 Å². The molecule has 4 N–H and O–H groups in total. The summed E-state index contributed by atoms with van der Waals surface area (Å²) in [5, 5.41) is 0.486. The molecular weight excluding hydrogens is 728 g/mol. The van der Waals surface area contributed by atoms with Gasteiger partial charge in [0, 0.05) is 13.0 Å². The van der Waals surface area contributed by atoms with Crippen LogP contribution in [-0.4, -0.2) is 106 Å². The number of halogens is 20. The minimum Gasteiger partial charge on any atom is -0.396 e. The smallest absolute Gasteiger partial charge is 0.396 e. The van der Waals surface area contributed by atoms with Crippen LogP contribution in [0.5, 0.6) is 0 Å². The summed E-state index contributed by atoms with van der Waals surface area (Å²) >= 11 is 0. The van der Waals surface area contributed by atoms with E-state index in [1.807, 2.05) is 0 Å². The lowest BCUT2D eigenvalue weighted by Gasteiger charge is -2.54. The number of aliphatic hydroxyl groups excluding tert-OH is 1. The number of hydrogen-bond donors (Lipinski definition) is 4. The maximum Gasteiger partial charge on any atom is 0.460 e. The van der Waals surface area contributed by atoms with Gasteiger partial charge in [-0.15, -0.1) is 0 Å². The molecule has 30 heteroatoms. The zero-order valence-electron chi connectivity index (χ0n) is 18.7. The van der Waals surface area contributed by atoms with Gasteiger partial charge in [0.1, 0.15) is 0 Å². The van der Waals surface area contributed by atoms with Crippen molar-refractivity contribution in [1.29, 1.82) is 0 Å². The van der Waals surface area contributed by atoms with Gasteiger partial charge in [0.25, 0.3) is 5.67 Å². The molecule has 0 spiro atoms. The lowest BCUT2D eigenvalue weighted by atomic mass is 9.69. The Kier molecular flexibility index (Phi) is 9.78. The summed E-state index contributed by atoms with van der Waals surface area (Å²) in [6, 6.07) is 0. The van der Waals surface area contributed by atoms with Gasteiger partial charge in [0.05, 0.1) is 0 Å². The van der Waals surface area contributed by atoms with Crippen molar-refractivity contribution in [2.45, 2.75) is 69.9 Å². The van der Waals surface area contributed by atoms with E-state index in [2.05, 4.69) is 0 Å². The second-order valence-corrected chi connectivity index (χ2v) is 10.9. The first-order valence-electron chi connectivity index (χ1n) is 9.11. The zero-order chi connectivity index (χ0) is 35.9. The van der Waals surface area contributed by atoms with Crippen LogP contribution in [0.15, 0.2) is 0 Å². The molecule has 0 heterocycles. The van der Waals surface area contributed by atoms with Gasteiger partial charge >= 0.3 is 72.5 Å². The molecule has 0 bridgehead atoms. The predicted octanol–water partition coefficient (Wildman–Crippen LogP) is 4.14. The Balaban J connectivity index is 9.12. The van der Waals surface area contributed by atoms with Crippen molar-refractivity contribution in [2.75, 3.05) is 6.61 Å². The highest BCUT2D eigenvalue weighted by Gasteiger charge is 3.01. The predicted molar refractivity (Wildman–Crippen MR) is 89.2 cm³/mol. The number of aliphatic hydroxyl groups is 2. The second-order valence-electron chi connectivity index (χ2n) is 7.92. The number of rotatable bonds is 12. The van der Waals surface area contributed by atoms with E-state index >= 15 is 8.78 Å². The van der Waals surface area contributed by atoms with Crippen molar-refractivity contribution < 1.29 is 124 Å². The fourth-order valence-corrected chi connectivity index (χ4v) is 4.96. The Morgan fingerprint density at radius 3 is 1.00 bits per heavy atom. The molecule has 0 fully saturated rings. The molecule has 0 radical (unpaired) electrons. The van der Waals surface area contributed by atoms with Crippen molar-refractivity contribution in [2.24, 2.45) is 0 Å². The molecule has 8 nitrogen and oxygen atoms in total. The first-order chi connectivity index (χ1) is 18.1. The van der Waals surface area contributed by atoms with Crippen LogP contribution in [0, 0.1) is 0 Å². The highest BCUT2D eigenvalue weighted by Crippen LogP contribution is 2.69. The van der Waals surface area contributed by atoms with E-state index in [0.717, 1.165) is 0 Å². The molecule has 0 aromatic rings. The summed E-state index contributed by atoms with van der Waals surface area (Å²) in [5.41, 5.74) is -17.8. The van der Waals surface area contributed by atoms with Gasteiger partial charge in [-0.2, -0.15) is 95.9 Å². The molecular formula is C13H8F20O8S2. The van der Waals surface area contributed by atoms with Gasteiger partial charge in [0.2, 0.25) is 0 Å². The Morgan fingerprint density at radius 2 is 0.767 bits per heavy atom. The van der Waals surface area contributed by atoms with E-state index < -0.39 is 96.8 Å². The summed E-state index contributed by atoms with van der Waals surface area (Å²) in [6.07, 6.45) is -21.0. The van der Waals surface area contributed by atoms with E-state index in [1.54, 1.807) is 0 Å². The third kappa shape index (κ3) is 4.87. The minimum absolute atomic E-state index is 3.38. The van der Waals surface area contributed by atoms with Gasteiger partial charge in [0.15, 0.2) is 5.60 Å². The van der Waals surface area contributed by atoms with E-state index in [-0.39, 0.29) is 0 Å². The van der Waals surface area contributed by atoms with Gasteiger partial charge in [-0.05, 0) is 0 Å². The molecule has 260 valence electrons. The molecule has 0 aliphatic heterocycles. The van der Waals surface area contributed by atoms with Crippen LogP contribution in [-0.2, 0) is 20.2 Å². The van der Waals surface area contributed by atoms with Crippen LogP contribution in [0.25, 0.3) is 0 Å². The minimum atomic E-state index is -9.40. The van der Waals surface area contributed by atoms with Gasteiger partial charge in [-0.25, -0.2) is 8.78 Å². The fraction of sp³-hybridized carbons (Fsp3) is 1.00. The number of alkyl halides is 20. The van der Waals surface area contributed by atoms with E-state index in [1.165, 1.54) is 0 Å². The summed E-state index contributed by atoms with van der Waals surface area (Å²) in [7, 11) is -18.1. The van der Waals surface area contributed by atoms with Crippen molar-refractivity contribution in [1.82, 2.24) is 0 Å². The van der Waals surface area contributed by atoms with Gasteiger partial charge < -0.3 is 10.2 Å². The van der Waals surface area contributed by atoms with E-state index in [4.69, 9.17) is 14.2 Å². The largest absolute Gasteiger partial charge is 0.460 e. The molecule has 0 aromatic heterocycles. The summed E-state index contributed by atoms with van der Waals surface area (Å²) in [6.45, 7) is -3.38. The fourth-order valence-electron chi connectivity index (χ4n) is 3.18. The highest BCUT2D eigenvalue weighted by molar-refractivity contribution is 7.87. The van der Waals surface area contributed by atoms with Crippen LogP contribution in [0.3, 0.4) is 0 Å². The molecule has 0 aliphatic carbocycles. The monoisotopic (exact) mass is 736 g/mol. The van der Waals surface area contributed by atoms with Crippen LogP contribution >= 0.6 is 0 Å². The second kappa shape index (κ2) is 10.2. The molecule has 3 unspecified atom stereocenters. The normalized spacial score (nSPS) is 20.3. The van der Waals surface area contributed by atoms with Crippen LogP contribution in [0.2, 0.25) is 0 Å². The Hall–Kier alpha value is -1.66. The van der Waals surface area contributed by atoms with Crippen molar-refractivity contribution in [3.63, 3.8) is 0 Å². The maximum atomic E-state index is 15.6. The third-order valence-corrected chi connectivity index (χ3v) is 7.62. The first-order valence-corrected chi connectivity index (χ1v) is 12.0. The van der Waals surface area contributed by atoms with E-state index in [9.17, 15) is 101 Å². The van der Waals surface area contributed by atoms with Crippen molar-refractivity contribution in [3.8, 4) is 0 Å². The molecule has 0 aliphatic rings. The maximum absolute atomic E-state index is 15.6. The van der Waals surface area contributed by atoms with Crippen LogP contribution in [0.1, 0.15) is 6.42 Å². The van der Waals surface area contributed by atoms with Crippen molar-refractivity contribution in [3.05, 3.63) is 0 Å². The quantitative estimate of drug-likeness (QED) is 0.173. The average Bonchev–Trinajstić information content (AvgIpc) is 2.73. The zero-order valence-corrected chi connectivity index (χ0v) is 20.3. The molecule has 0 rings (SSSR count). The summed E-state index contributed by atoms with van der Waals surface area (Å²) < 4.78 is 336. The molecule has 0 amide bonds. The summed E-state index contributed by atoms with van der Waals surface area (Å²) in [4.78, 5) is 0. The Bertz CT molecular complexity index is 1270. The topological polar surface area (TPSA) is 149 Å². The average molecular weight is 736 g/mol. The molecule has 0 saturated heterocycles. The Morgan fingerprint density at radius 1 is 0.465 bits per heavy atom.